The normalized spacial score (nSPS) is 10.8. The number of hydrazone groups is 1. The van der Waals surface area contributed by atoms with Crippen molar-refractivity contribution in [3.8, 4) is 17.2 Å². The summed E-state index contributed by atoms with van der Waals surface area (Å²) in [6.45, 7) is 5.25. The molecule has 1 amide bonds. The summed E-state index contributed by atoms with van der Waals surface area (Å²) in [7, 11) is 0. The Kier molecular flexibility index (Phi) is 10.0. The summed E-state index contributed by atoms with van der Waals surface area (Å²) in [6, 6.07) is 28.7. The Balaban J connectivity index is 1.22. The highest BCUT2D eigenvalue weighted by molar-refractivity contribution is 5.95. The van der Waals surface area contributed by atoms with Gasteiger partial charge in [-0.25, -0.2) is 10.2 Å². The Morgan fingerprint density at radius 2 is 1.35 bits per heavy atom. The van der Waals surface area contributed by atoms with Gasteiger partial charge in [-0.05, 0) is 97.3 Å². The summed E-state index contributed by atoms with van der Waals surface area (Å²) in [5.41, 5.74) is 6.41. The highest BCUT2D eigenvalue weighted by Gasteiger charge is 2.09. The van der Waals surface area contributed by atoms with Crippen LogP contribution in [-0.2, 0) is 6.61 Å². The fourth-order valence-electron chi connectivity index (χ4n) is 3.59. The zero-order valence-electron chi connectivity index (χ0n) is 22.6. The first kappa shape index (κ1) is 28.1. The highest BCUT2D eigenvalue weighted by Crippen LogP contribution is 2.17. The molecule has 1 N–H and O–H groups in total. The van der Waals surface area contributed by atoms with Gasteiger partial charge < -0.3 is 14.2 Å². The maximum absolute atomic E-state index is 12.4. The van der Waals surface area contributed by atoms with Crippen LogP contribution in [0.5, 0.6) is 17.2 Å². The lowest BCUT2D eigenvalue weighted by atomic mass is 10.2. The maximum Gasteiger partial charge on any atom is 0.343 e. The number of hydrogen-bond acceptors (Lipinski definition) is 6. The monoisotopic (exact) mass is 536 g/mol. The van der Waals surface area contributed by atoms with E-state index in [2.05, 4.69) is 17.5 Å². The summed E-state index contributed by atoms with van der Waals surface area (Å²) in [4.78, 5) is 24.9. The van der Waals surface area contributed by atoms with E-state index in [1.165, 1.54) is 11.8 Å². The summed E-state index contributed by atoms with van der Waals surface area (Å²) in [6.07, 6.45) is 3.56. The third-order valence-electron chi connectivity index (χ3n) is 5.97. The molecule has 0 atom stereocenters. The summed E-state index contributed by atoms with van der Waals surface area (Å²) in [5.74, 6) is 1.00. The molecule has 4 aromatic carbocycles. The van der Waals surface area contributed by atoms with E-state index in [1.54, 1.807) is 72.8 Å². The van der Waals surface area contributed by atoms with Gasteiger partial charge in [-0.3, -0.25) is 4.79 Å². The zero-order chi connectivity index (χ0) is 28.2. The topological polar surface area (TPSA) is 86.2 Å². The molecular weight excluding hydrogens is 504 g/mol. The fraction of sp³-hybridized carbons (Fsp3) is 0.182. The largest absolute Gasteiger partial charge is 0.494 e. The van der Waals surface area contributed by atoms with Crippen molar-refractivity contribution >= 4 is 18.1 Å². The molecule has 0 unspecified atom stereocenters. The van der Waals surface area contributed by atoms with Crippen molar-refractivity contribution in [3.63, 3.8) is 0 Å². The number of nitrogens with zero attached hydrogens (tertiary/aromatic N) is 1. The van der Waals surface area contributed by atoms with Gasteiger partial charge in [0.15, 0.2) is 0 Å². The molecule has 0 heterocycles. The first-order valence-electron chi connectivity index (χ1n) is 13.2. The number of aryl methyl sites for hydroxylation is 1. The number of benzene rings is 4. The predicted molar refractivity (Wildman–Crippen MR) is 155 cm³/mol. The number of ether oxygens (including phenoxy) is 3. The van der Waals surface area contributed by atoms with Gasteiger partial charge >= 0.3 is 5.97 Å². The van der Waals surface area contributed by atoms with Crippen molar-refractivity contribution in [2.24, 2.45) is 5.10 Å². The molecule has 7 heteroatoms. The number of esters is 1. The van der Waals surface area contributed by atoms with Crippen molar-refractivity contribution in [3.05, 3.63) is 125 Å². The van der Waals surface area contributed by atoms with Crippen molar-refractivity contribution in [1.29, 1.82) is 0 Å². The molecule has 40 heavy (non-hydrogen) atoms. The van der Waals surface area contributed by atoms with Crippen LogP contribution < -0.4 is 19.6 Å². The molecule has 0 aliphatic heterocycles. The minimum absolute atomic E-state index is 0.339. The van der Waals surface area contributed by atoms with Gasteiger partial charge in [-0.15, -0.1) is 0 Å². The molecule has 0 aliphatic rings. The molecule has 204 valence electrons. The molecular formula is C33H32N2O5. The lowest BCUT2D eigenvalue weighted by Crippen LogP contribution is -2.17. The molecule has 0 saturated carbocycles. The lowest BCUT2D eigenvalue weighted by molar-refractivity contribution is 0.0734. The average Bonchev–Trinajstić information content (AvgIpc) is 2.98. The Labute approximate surface area is 234 Å². The Hall–Kier alpha value is -4.91. The Morgan fingerprint density at radius 1 is 0.750 bits per heavy atom. The number of nitrogens with one attached hydrogen (secondary N) is 1. The summed E-state index contributed by atoms with van der Waals surface area (Å²) >= 11 is 0. The van der Waals surface area contributed by atoms with E-state index in [-0.39, 0.29) is 5.91 Å². The molecule has 0 aliphatic carbocycles. The van der Waals surface area contributed by atoms with Crippen molar-refractivity contribution in [2.45, 2.75) is 33.3 Å². The standard InChI is InChI=1S/C33H32N2O5/c1-3-4-21-38-29-19-13-28(14-20-29)33(37)40-31-15-9-25(10-16-31)22-34-35-32(36)27-11-17-30(18-12-27)39-23-26-7-5-24(2)6-8-26/h5-20,22H,3-4,21,23H2,1-2H3,(H,35,36)/b34-22+. The van der Waals surface area contributed by atoms with Crippen LogP contribution in [0, 0.1) is 6.92 Å². The van der Waals surface area contributed by atoms with Crippen LogP contribution in [0.2, 0.25) is 0 Å². The minimum atomic E-state index is -0.458. The van der Waals surface area contributed by atoms with Crippen LogP contribution in [0.4, 0.5) is 0 Å². The second-order valence-corrected chi connectivity index (χ2v) is 9.18. The first-order chi connectivity index (χ1) is 19.5. The molecule has 0 aromatic heterocycles. The predicted octanol–water partition coefficient (Wildman–Crippen LogP) is 6.74. The third-order valence-corrected chi connectivity index (χ3v) is 5.97. The fourth-order valence-corrected chi connectivity index (χ4v) is 3.59. The van der Waals surface area contributed by atoms with E-state index in [0.717, 1.165) is 29.7 Å². The van der Waals surface area contributed by atoms with E-state index in [9.17, 15) is 9.59 Å². The molecule has 7 nitrogen and oxygen atoms in total. The van der Waals surface area contributed by atoms with Crippen molar-refractivity contribution in [1.82, 2.24) is 5.43 Å². The minimum Gasteiger partial charge on any atom is -0.494 e. The summed E-state index contributed by atoms with van der Waals surface area (Å²) in [5, 5.41) is 4.02. The van der Waals surface area contributed by atoms with Crippen LogP contribution in [0.25, 0.3) is 0 Å². The second kappa shape index (κ2) is 14.3. The number of carbonyl (C=O) groups excluding carboxylic acids is 2. The number of amides is 1. The van der Waals surface area contributed by atoms with E-state index in [1.807, 2.05) is 31.2 Å². The van der Waals surface area contributed by atoms with Crippen LogP contribution in [0.15, 0.2) is 102 Å². The van der Waals surface area contributed by atoms with Crippen LogP contribution in [-0.4, -0.2) is 24.7 Å². The summed E-state index contributed by atoms with van der Waals surface area (Å²) < 4.78 is 16.9. The van der Waals surface area contributed by atoms with E-state index >= 15 is 0 Å². The zero-order valence-corrected chi connectivity index (χ0v) is 22.6. The molecule has 0 fully saturated rings. The molecule has 0 saturated heterocycles. The van der Waals surface area contributed by atoms with Gasteiger partial charge in [0.25, 0.3) is 5.91 Å². The molecule has 0 bridgehead atoms. The van der Waals surface area contributed by atoms with Gasteiger partial charge in [0, 0.05) is 5.56 Å². The van der Waals surface area contributed by atoms with Gasteiger partial charge in [-0.1, -0.05) is 43.2 Å². The number of unbranched alkanes of at least 4 members (excludes halogenated alkanes) is 1. The van der Waals surface area contributed by atoms with Crippen molar-refractivity contribution < 1.29 is 23.8 Å². The highest BCUT2D eigenvalue weighted by atomic mass is 16.5. The van der Waals surface area contributed by atoms with E-state index in [0.29, 0.717) is 35.8 Å². The Bertz CT molecular complexity index is 1410. The van der Waals surface area contributed by atoms with Gasteiger partial charge in [0.2, 0.25) is 0 Å². The number of hydrogen-bond donors (Lipinski definition) is 1. The van der Waals surface area contributed by atoms with Crippen LogP contribution in [0.3, 0.4) is 0 Å². The number of carbonyl (C=O) groups is 2. The van der Waals surface area contributed by atoms with Crippen LogP contribution >= 0.6 is 0 Å². The molecule has 4 aromatic rings. The van der Waals surface area contributed by atoms with E-state index < -0.39 is 5.97 Å². The smallest absolute Gasteiger partial charge is 0.343 e. The van der Waals surface area contributed by atoms with E-state index in [4.69, 9.17) is 14.2 Å². The van der Waals surface area contributed by atoms with Gasteiger partial charge in [0.05, 0.1) is 18.4 Å². The third kappa shape index (κ3) is 8.56. The molecule has 0 spiro atoms. The average molecular weight is 537 g/mol. The SMILES string of the molecule is CCCCOc1ccc(C(=O)Oc2ccc(/C=N/NC(=O)c3ccc(OCc4ccc(C)cc4)cc3)cc2)cc1. The maximum atomic E-state index is 12.4. The second-order valence-electron chi connectivity index (χ2n) is 9.18. The van der Waals surface area contributed by atoms with Crippen LogP contribution in [0.1, 0.15) is 57.2 Å². The van der Waals surface area contributed by atoms with Gasteiger partial charge in [-0.2, -0.15) is 5.10 Å². The Morgan fingerprint density at radius 3 is 2.00 bits per heavy atom. The molecule has 0 radical (unpaired) electrons. The first-order valence-corrected chi connectivity index (χ1v) is 13.2. The van der Waals surface area contributed by atoms with Crippen molar-refractivity contribution in [2.75, 3.05) is 6.61 Å². The molecule has 4 rings (SSSR count). The quantitative estimate of drug-likeness (QED) is 0.0713. The van der Waals surface area contributed by atoms with Gasteiger partial charge in [0.1, 0.15) is 23.9 Å². The number of rotatable bonds is 12. The lowest BCUT2D eigenvalue weighted by Gasteiger charge is -2.07.